The lowest BCUT2D eigenvalue weighted by molar-refractivity contribution is 0.0691. The molecule has 1 aromatic carbocycles. The predicted molar refractivity (Wildman–Crippen MR) is 46.2 cm³/mol. The van der Waals surface area contributed by atoms with Crippen molar-refractivity contribution in [3.63, 3.8) is 0 Å². The Kier molecular flexibility index (Phi) is 2.33. The minimum absolute atomic E-state index is 0.0118. The van der Waals surface area contributed by atoms with E-state index >= 15 is 0 Å². The molecule has 0 amide bonds. The Morgan fingerprint density at radius 2 is 1.64 bits per heavy atom. The van der Waals surface area contributed by atoms with Crippen molar-refractivity contribution in [3.05, 3.63) is 22.5 Å². The number of hydrogen-bond acceptors (Lipinski definition) is 3. The van der Waals surface area contributed by atoms with Gasteiger partial charge in [-0.3, -0.25) is 0 Å². The van der Waals surface area contributed by atoms with Gasteiger partial charge in [0.25, 0.3) is 0 Å². The minimum Gasteiger partial charge on any atom is -0.504 e. The fourth-order valence-corrected chi connectivity index (χ4v) is 1.19. The van der Waals surface area contributed by atoms with Gasteiger partial charge in [-0.2, -0.15) is 0 Å². The number of phenolic OH excluding ortho intramolecular Hbond substituents is 1. The van der Waals surface area contributed by atoms with Crippen LogP contribution in [-0.4, -0.2) is 21.3 Å². The summed E-state index contributed by atoms with van der Waals surface area (Å²) in [7, 11) is 0. The van der Waals surface area contributed by atoms with E-state index in [0.717, 1.165) is 0 Å². The van der Waals surface area contributed by atoms with Crippen LogP contribution < -0.4 is 0 Å². The summed E-state index contributed by atoms with van der Waals surface area (Å²) in [4.78, 5) is 10.7. The summed E-state index contributed by atoms with van der Waals surface area (Å²) in [6, 6.07) is 0. The lowest BCUT2D eigenvalue weighted by Crippen LogP contribution is -2.04. The van der Waals surface area contributed by atoms with Gasteiger partial charge in [0.15, 0.2) is 17.3 Å². The summed E-state index contributed by atoms with van der Waals surface area (Å²) >= 11 is 0. The normalized spacial score (nSPS) is 10.2. The molecule has 0 aliphatic heterocycles. The molecule has 0 unspecified atom stereocenters. The maximum Gasteiger partial charge on any atom is 0.339 e. The molecule has 0 aliphatic rings. The highest BCUT2D eigenvalue weighted by Crippen LogP contribution is 2.36. The molecule has 0 radical (unpaired) electrons. The van der Waals surface area contributed by atoms with Gasteiger partial charge in [-0.05, 0) is 25.0 Å². The third kappa shape index (κ3) is 1.26. The summed E-state index contributed by atoms with van der Waals surface area (Å²) in [6.45, 7) is 2.69. The number of rotatable bonds is 1. The summed E-state index contributed by atoms with van der Waals surface area (Å²) in [5.41, 5.74) is -0.357. The zero-order chi connectivity index (χ0) is 11.0. The zero-order valence-electron chi connectivity index (χ0n) is 7.63. The Morgan fingerprint density at radius 3 is 2.07 bits per heavy atom. The molecule has 0 aromatic heterocycles. The molecule has 14 heavy (non-hydrogen) atoms. The number of aromatic hydroxyl groups is 2. The Labute approximate surface area is 79.2 Å². The van der Waals surface area contributed by atoms with Gasteiger partial charge in [-0.15, -0.1) is 0 Å². The first-order valence-corrected chi connectivity index (χ1v) is 3.81. The van der Waals surface area contributed by atoms with E-state index in [1.165, 1.54) is 13.8 Å². The van der Waals surface area contributed by atoms with E-state index in [1.807, 2.05) is 0 Å². The molecule has 0 saturated heterocycles. The van der Waals surface area contributed by atoms with Crippen molar-refractivity contribution in [2.75, 3.05) is 0 Å². The molecule has 5 heteroatoms. The van der Waals surface area contributed by atoms with Crippen LogP contribution in [0.5, 0.6) is 11.5 Å². The Bertz CT molecular complexity index is 383. The molecule has 76 valence electrons. The molecule has 0 saturated carbocycles. The van der Waals surface area contributed by atoms with Crippen molar-refractivity contribution in [3.8, 4) is 11.5 Å². The van der Waals surface area contributed by atoms with E-state index in [0.29, 0.717) is 0 Å². The molecule has 0 aliphatic carbocycles. The van der Waals surface area contributed by atoms with Crippen molar-refractivity contribution in [2.24, 2.45) is 0 Å². The molecule has 0 spiro atoms. The van der Waals surface area contributed by atoms with Gasteiger partial charge in [0, 0.05) is 0 Å². The number of carboxylic acid groups (broad SMARTS) is 1. The summed E-state index contributed by atoms with van der Waals surface area (Å²) in [5.74, 6) is -4.35. The van der Waals surface area contributed by atoms with Crippen LogP contribution in [0.4, 0.5) is 4.39 Å². The maximum absolute atomic E-state index is 13.1. The molecule has 3 N–H and O–H groups in total. The van der Waals surface area contributed by atoms with E-state index in [4.69, 9.17) is 10.2 Å². The minimum atomic E-state index is -1.40. The van der Waals surface area contributed by atoms with Crippen LogP contribution in [0, 0.1) is 19.7 Å². The summed E-state index contributed by atoms with van der Waals surface area (Å²) in [5, 5.41) is 26.9. The second-order valence-corrected chi connectivity index (χ2v) is 2.94. The van der Waals surface area contributed by atoms with E-state index in [1.54, 1.807) is 0 Å². The lowest BCUT2D eigenvalue weighted by atomic mass is 10.0. The van der Waals surface area contributed by atoms with Gasteiger partial charge in [0.1, 0.15) is 5.56 Å². The van der Waals surface area contributed by atoms with Crippen LogP contribution >= 0.6 is 0 Å². The monoisotopic (exact) mass is 200 g/mol. The van der Waals surface area contributed by atoms with Crippen LogP contribution in [0.15, 0.2) is 0 Å². The largest absolute Gasteiger partial charge is 0.504 e. The average molecular weight is 200 g/mol. The van der Waals surface area contributed by atoms with Crippen molar-refractivity contribution in [2.45, 2.75) is 13.8 Å². The number of carboxylic acids is 1. The Hall–Kier alpha value is -1.78. The lowest BCUT2D eigenvalue weighted by Gasteiger charge is -2.10. The molecule has 0 heterocycles. The number of phenols is 2. The Balaban J connectivity index is 3.68. The zero-order valence-corrected chi connectivity index (χ0v) is 7.63. The van der Waals surface area contributed by atoms with Gasteiger partial charge in [0.2, 0.25) is 0 Å². The van der Waals surface area contributed by atoms with Crippen LogP contribution in [0.3, 0.4) is 0 Å². The first-order chi connectivity index (χ1) is 6.37. The highest BCUT2D eigenvalue weighted by Gasteiger charge is 2.23. The van der Waals surface area contributed by atoms with Crippen LogP contribution in [0.2, 0.25) is 0 Å². The highest BCUT2D eigenvalue weighted by atomic mass is 19.1. The fraction of sp³-hybridized carbons (Fsp3) is 0.222. The first-order valence-electron chi connectivity index (χ1n) is 3.81. The summed E-state index contributed by atoms with van der Waals surface area (Å²) in [6.07, 6.45) is 0. The standard InChI is InChI=1S/C9H9FO4/c1-3-4(2)6(10)8(12)7(11)5(3)9(13)14/h11-12H,1-2H3,(H,13,14). The number of halogens is 1. The van der Waals surface area contributed by atoms with Gasteiger partial charge in [-0.1, -0.05) is 0 Å². The third-order valence-electron chi connectivity index (χ3n) is 2.15. The molecule has 4 nitrogen and oxygen atoms in total. The smallest absolute Gasteiger partial charge is 0.339 e. The maximum atomic E-state index is 13.1. The van der Waals surface area contributed by atoms with Gasteiger partial charge >= 0.3 is 5.97 Å². The van der Waals surface area contributed by atoms with Gasteiger partial charge < -0.3 is 15.3 Å². The van der Waals surface area contributed by atoms with E-state index in [-0.39, 0.29) is 11.1 Å². The quantitative estimate of drug-likeness (QED) is 0.601. The number of aromatic carboxylic acids is 1. The van der Waals surface area contributed by atoms with Crippen molar-refractivity contribution in [1.82, 2.24) is 0 Å². The molecule has 1 aromatic rings. The second-order valence-electron chi connectivity index (χ2n) is 2.94. The number of hydrogen-bond donors (Lipinski definition) is 3. The first kappa shape index (κ1) is 10.3. The van der Waals surface area contributed by atoms with Crippen molar-refractivity contribution >= 4 is 5.97 Å². The second kappa shape index (κ2) is 3.17. The van der Waals surface area contributed by atoms with E-state index in [2.05, 4.69) is 0 Å². The molecular weight excluding hydrogens is 191 g/mol. The molecule has 0 bridgehead atoms. The predicted octanol–water partition coefficient (Wildman–Crippen LogP) is 1.55. The average Bonchev–Trinajstić information content (AvgIpc) is 2.11. The van der Waals surface area contributed by atoms with Crippen LogP contribution in [-0.2, 0) is 0 Å². The van der Waals surface area contributed by atoms with E-state index in [9.17, 15) is 14.3 Å². The molecule has 0 fully saturated rings. The number of benzene rings is 1. The third-order valence-corrected chi connectivity index (χ3v) is 2.15. The molecular formula is C9H9FO4. The molecule has 0 atom stereocenters. The molecule has 1 rings (SSSR count). The topological polar surface area (TPSA) is 77.8 Å². The SMILES string of the molecule is Cc1c(C)c(C(=O)O)c(O)c(O)c1F. The highest BCUT2D eigenvalue weighted by molar-refractivity contribution is 5.94. The number of carbonyl (C=O) groups is 1. The Morgan fingerprint density at radius 1 is 1.14 bits per heavy atom. The summed E-state index contributed by atoms with van der Waals surface area (Å²) < 4.78 is 13.1. The van der Waals surface area contributed by atoms with Gasteiger partial charge in [0.05, 0.1) is 0 Å². The van der Waals surface area contributed by atoms with Crippen molar-refractivity contribution in [1.29, 1.82) is 0 Å². The van der Waals surface area contributed by atoms with Crippen LogP contribution in [0.1, 0.15) is 21.5 Å². The van der Waals surface area contributed by atoms with Gasteiger partial charge in [-0.25, -0.2) is 9.18 Å². The van der Waals surface area contributed by atoms with E-state index < -0.39 is 28.8 Å². The van der Waals surface area contributed by atoms with Crippen LogP contribution in [0.25, 0.3) is 0 Å². The fourth-order valence-electron chi connectivity index (χ4n) is 1.19. The van der Waals surface area contributed by atoms with Crippen molar-refractivity contribution < 1.29 is 24.5 Å².